The van der Waals surface area contributed by atoms with E-state index in [0.29, 0.717) is 6.42 Å². The molecule has 0 aromatic heterocycles. The van der Waals surface area contributed by atoms with E-state index in [-0.39, 0.29) is 5.91 Å². The number of nitrogens with two attached hydrogens (primary N) is 1. The average Bonchev–Trinajstić information content (AvgIpc) is 2.21. The number of carbonyl (C=O) groups excluding carboxylic acids is 1. The number of carbonyl (C=O) groups is 1. The Morgan fingerprint density at radius 1 is 1.00 bits per heavy atom. The summed E-state index contributed by atoms with van der Waals surface area (Å²) in [5.74, 6) is -0.182. The third-order valence-electron chi connectivity index (χ3n) is 2.53. The van der Waals surface area contributed by atoms with E-state index < -0.39 is 0 Å². The number of rotatable bonds is 4. The molecule has 1 saturated carbocycles. The highest BCUT2D eigenvalue weighted by Crippen LogP contribution is 2.15. The van der Waals surface area contributed by atoms with Crippen LogP contribution in [0, 0.1) is 0 Å². The molecule has 0 aromatic carbocycles. The zero-order chi connectivity index (χ0) is 10.6. The van der Waals surface area contributed by atoms with Crippen molar-refractivity contribution in [2.24, 2.45) is 5.73 Å². The van der Waals surface area contributed by atoms with Crippen LogP contribution in [0.25, 0.3) is 0 Å². The molecule has 0 spiro atoms. The normalized spacial score (nSPS) is 15.5. The van der Waals surface area contributed by atoms with Gasteiger partial charge in [0.2, 0.25) is 5.91 Å². The summed E-state index contributed by atoms with van der Waals surface area (Å²) in [6.45, 7) is 2.10. The summed E-state index contributed by atoms with van der Waals surface area (Å²) in [5, 5.41) is 0. The van der Waals surface area contributed by atoms with Crippen molar-refractivity contribution in [2.75, 3.05) is 0 Å². The fraction of sp³-hybridized carbons (Fsp3) is 0.917. The van der Waals surface area contributed by atoms with Crippen LogP contribution in [-0.4, -0.2) is 5.91 Å². The van der Waals surface area contributed by atoms with Gasteiger partial charge >= 0.3 is 0 Å². The van der Waals surface area contributed by atoms with E-state index >= 15 is 0 Å². The average molecular weight is 199 g/mol. The highest BCUT2D eigenvalue weighted by atomic mass is 16.1. The first kappa shape index (κ1) is 13.5. The van der Waals surface area contributed by atoms with Crippen molar-refractivity contribution < 1.29 is 4.79 Å². The fourth-order valence-electron chi connectivity index (χ4n) is 1.61. The standard InChI is InChI=1S/C6H13NO.C6H12/c1-2-3-4-5-6(7)8;1-2-4-6-5-3-1/h2-5H2,1H3,(H2,7,8);1-6H2. The quantitative estimate of drug-likeness (QED) is 0.693. The largest absolute Gasteiger partial charge is 0.370 e. The lowest BCUT2D eigenvalue weighted by atomic mass is 10.0. The van der Waals surface area contributed by atoms with Gasteiger partial charge in [0.1, 0.15) is 0 Å². The molecular weight excluding hydrogens is 174 g/mol. The lowest BCUT2D eigenvalue weighted by molar-refractivity contribution is -0.118. The molecule has 1 fully saturated rings. The van der Waals surface area contributed by atoms with Gasteiger partial charge in [0.15, 0.2) is 0 Å². The zero-order valence-electron chi connectivity index (χ0n) is 9.56. The molecule has 0 unspecified atom stereocenters. The summed E-state index contributed by atoms with van der Waals surface area (Å²) in [4.78, 5) is 10.1. The number of hydrogen-bond donors (Lipinski definition) is 1. The van der Waals surface area contributed by atoms with Crippen LogP contribution in [0.1, 0.15) is 71.1 Å². The van der Waals surface area contributed by atoms with E-state index in [1.165, 1.54) is 38.5 Å². The van der Waals surface area contributed by atoms with Crippen LogP contribution in [0.15, 0.2) is 0 Å². The number of amides is 1. The SMILES string of the molecule is C1CCCCC1.CCCCCC(N)=O. The molecular formula is C12H25NO. The second-order valence-electron chi connectivity index (χ2n) is 4.04. The molecule has 2 nitrogen and oxygen atoms in total. The van der Waals surface area contributed by atoms with Gasteiger partial charge in [-0.3, -0.25) is 4.79 Å². The first-order valence-electron chi connectivity index (χ1n) is 6.05. The van der Waals surface area contributed by atoms with Crippen molar-refractivity contribution in [1.29, 1.82) is 0 Å². The van der Waals surface area contributed by atoms with Crippen LogP contribution in [0.3, 0.4) is 0 Å². The lowest BCUT2D eigenvalue weighted by Gasteiger charge is -2.05. The van der Waals surface area contributed by atoms with Crippen molar-refractivity contribution >= 4 is 5.91 Å². The van der Waals surface area contributed by atoms with Crippen molar-refractivity contribution in [3.05, 3.63) is 0 Å². The lowest BCUT2D eigenvalue weighted by Crippen LogP contribution is -2.09. The Morgan fingerprint density at radius 3 is 1.71 bits per heavy atom. The minimum Gasteiger partial charge on any atom is -0.370 e. The number of hydrogen-bond acceptors (Lipinski definition) is 1. The van der Waals surface area contributed by atoms with E-state index in [4.69, 9.17) is 5.73 Å². The topological polar surface area (TPSA) is 43.1 Å². The molecule has 0 atom stereocenters. The van der Waals surface area contributed by atoms with Gasteiger partial charge in [-0.25, -0.2) is 0 Å². The summed E-state index contributed by atoms with van der Waals surface area (Å²) in [6, 6.07) is 0. The molecule has 2 N–H and O–H groups in total. The van der Waals surface area contributed by atoms with Crippen molar-refractivity contribution in [3.8, 4) is 0 Å². The van der Waals surface area contributed by atoms with Gasteiger partial charge in [-0.2, -0.15) is 0 Å². The van der Waals surface area contributed by atoms with Crippen molar-refractivity contribution in [3.63, 3.8) is 0 Å². The Balaban J connectivity index is 0.000000249. The molecule has 0 saturated heterocycles. The smallest absolute Gasteiger partial charge is 0.217 e. The minimum atomic E-state index is -0.182. The first-order valence-corrected chi connectivity index (χ1v) is 6.05. The molecule has 1 rings (SSSR count). The van der Waals surface area contributed by atoms with E-state index in [1.54, 1.807) is 0 Å². The highest BCUT2D eigenvalue weighted by molar-refractivity contribution is 5.73. The third-order valence-corrected chi connectivity index (χ3v) is 2.53. The number of unbranched alkanes of at least 4 members (excludes halogenated alkanes) is 2. The Kier molecular flexibility index (Phi) is 10.2. The highest BCUT2D eigenvalue weighted by Gasteiger charge is 1.95. The third kappa shape index (κ3) is 11.5. The minimum absolute atomic E-state index is 0.182. The van der Waals surface area contributed by atoms with Crippen LogP contribution in [0.5, 0.6) is 0 Å². The van der Waals surface area contributed by atoms with Gasteiger partial charge < -0.3 is 5.73 Å². The van der Waals surface area contributed by atoms with Gasteiger partial charge in [-0.1, -0.05) is 58.3 Å². The molecule has 0 heterocycles. The summed E-state index contributed by atoms with van der Waals surface area (Å²) in [7, 11) is 0. The predicted molar refractivity (Wildman–Crippen MR) is 61.0 cm³/mol. The molecule has 0 aliphatic heterocycles. The summed E-state index contributed by atoms with van der Waals surface area (Å²) < 4.78 is 0. The van der Waals surface area contributed by atoms with Gasteiger partial charge in [0.25, 0.3) is 0 Å². The Morgan fingerprint density at radius 2 is 1.43 bits per heavy atom. The van der Waals surface area contributed by atoms with Crippen LogP contribution < -0.4 is 5.73 Å². The molecule has 0 bridgehead atoms. The maximum absolute atomic E-state index is 10.1. The Hall–Kier alpha value is -0.530. The molecule has 14 heavy (non-hydrogen) atoms. The van der Waals surface area contributed by atoms with Crippen molar-refractivity contribution in [2.45, 2.75) is 71.1 Å². The predicted octanol–water partition coefficient (Wildman–Crippen LogP) is 3.39. The Bertz CT molecular complexity index is 119. The molecule has 0 aromatic rings. The fourth-order valence-corrected chi connectivity index (χ4v) is 1.61. The summed E-state index contributed by atoms with van der Waals surface area (Å²) in [6.07, 6.45) is 12.8. The molecule has 1 aliphatic carbocycles. The molecule has 84 valence electrons. The van der Waals surface area contributed by atoms with E-state index in [0.717, 1.165) is 19.3 Å². The summed E-state index contributed by atoms with van der Waals surface area (Å²) >= 11 is 0. The van der Waals surface area contributed by atoms with Crippen molar-refractivity contribution in [1.82, 2.24) is 0 Å². The van der Waals surface area contributed by atoms with Crippen LogP contribution in [0.2, 0.25) is 0 Å². The molecule has 1 aliphatic rings. The monoisotopic (exact) mass is 199 g/mol. The van der Waals surface area contributed by atoms with Gasteiger partial charge in [-0.05, 0) is 6.42 Å². The van der Waals surface area contributed by atoms with Crippen LogP contribution >= 0.6 is 0 Å². The second-order valence-corrected chi connectivity index (χ2v) is 4.04. The van der Waals surface area contributed by atoms with E-state index in [9.17, 15) is 4.79 Å². The maximum Gasteiger partial charge on any atom is 0.217 e. The van der Waals surface area contributed by atoms with Gasteiger partial charge in [0.05, 0.1) is 0 Å². The molecule has 2 heteroatoms. The maximum atomic E-state index is 10.1. The first-order chi connectivity index (χ1) is 6.77. The van der Waals surface area contributed by atoms with E-state index in [1.807, 2.05) is 0 Å². The molecule has 0 radical (unpaired) electrons. The zero-order valence-corrected chi connectivity index (χ0v) is 9.56. The Labute approximate surface area is 88.3 Å². The van der Waals surface area contributed by atoms with Crippen LogP contribution in [0.4, 0.5) is 0 Å². The van der Waals surface area contributed by atoms with Gasteiger partial charge in [0, 0.05) is 6.42 Å². The second kappa shape index (κ2) is 10.6. The molecule has 1 amide bonds. The van der Waals surface area contributed by atoms with E-state index in [2.05, 4.69) is 6.92 Å². The van der Waals surface area contributed by atoms with Crippen LogP contribution in [-0.2, 0) is 4.79 Å². The number of primary amides is 1. The summed E-state index contributed by atoms with van der Waals surface area (Å²) in [5.41, 5.74) is 4.89. The van der Waals surface area contributed by atoms with Gasteiger partial charge in [-0.15, -0.1) is 0 Å².